The van der Waals surface area contributed by atoms with Gasteiger partial charge in [-0.1, -0.05) is 35.0 Å². The third-order valence-electron chi connectivity index (χ3n) is 4.35. The van der Waals surface area contributed by atoms with E-state index in [0.29, 0.717) is 12.0 Å². The maximum atomic E-state index is 5.88. The van der Waals surface area contributed by atoms with Crippen molar-refractivity contribution in [1.29, 1.82) is 0 Å². The zero-order valence-corrected chi connectivity index (χ0v) is 12.9. The number of halogens is 1. The normalized spacial score (nSPS) is 27.1. The summed E-state index contributed by atoms with van der Waals surface area (Å²) in [6, 6.07) is 9.16. The number of nitrogens with zero attached hydrogens (tertiary/aromatic N) is 1. The molecule has 2 N–H and O–H groups in total. The van der Waals surface area contributed by atoms with Gasteiger partial charge in [0.2, 0.25) is 0 Å². The highest BCUT2D eigenvalue weighted by atomic mass is 79.9. The van der Waals surface area contributed by atoms with Gasteiger partial charge in [-0.05, 0) is 56.0 Å². The van der Waals surface area contributed by atoms with Crippen LogP contribution < -0.4 is 5.73 Å². The average Bonchev–Trinajstić information content (AvgIpc) is 2.39. The van der Waals surface area contributed by atoms with E-state index < -0.39 is 0 Å². The molecule has 1 heterocycles. The van der Waals surface area contributed by atoms with E-state index in [4.69, 9.17) is 5.73 Å². The number of benzene rings is 1. The lowest BCUT2D eigenvalue weighted by Crippen LogP contribution is -2.43. The van der Waals surface area contributed by atoms with E-state index >= 15 is 0 Å². The minimum atomic E-state index is 0.486. The summed E-state index contributed by atoms with van der Waals surface area (Å²) in [6.45, 7) is 7.76. The van der Waals surface area contributed by atoms with Crippen LogP contribution >= 0.6 is 15.9 Å². The fraction of sp³-hybridized carbons (Fsp3) is 0.600. The molecule has 3 atom stereocenters. The second-order valence-corrected chi connectivity index (χ2v) is 6.40. The maximum absolute atomic E-state index is 5.88. The Morgan fingerprint density at radius 1 is 1.39 bits per heavy atom. The number of nitrogens with two attached hydrogens (primary N) is 1. The molecule has 1 aliphatic heterocycles. The third kappa shape index (κ3) is 3.14. The second kappa shape index (κ2) is 6.18. The van der Waals surface area contributed by atoms with Crippen LogP contribution in [0.25, 0.3) is 0 Å². The Hall–Kier alpha value is -0.380. The minimum Gasteiger partial charge on any atom is -0.330 e. The highest BCUT2D eigenvalue weighted by molar-refractivity contribution is 9.10. The quantitative estimate of drug-likeness (QED) is 0.927. The third-order valence-corrected chi connectivity index (χ3v) is 4.88. The monoisotopic (exact) mass is 310 g/mol. The van der Waals surface area contributed by atoms with Gasteiger partial charge >= 0.3 is 0 Å². The summed E-state index contributed by atoms with van der Waals surface area (Å²) in [6.07, 6.45) is 1.27. The Labute approximate surface area is 119 Å². The lowest BCUT2D eigenvalue weighted by Gasteiger charge is -2.40. The van der Waals surface area contributed by atoms with Crippen LogP contribution in [0, 0.1) is 11.8 Å². The lowest BCUT2D eigenvalue weighted by atomic mass is 9.86. The number of rotatable bonds is 3. The molecule has 0 saturated carbocycles. The molecule has 0 bridgehead atoms. The topological polar surface area (TPSA) is 29.3 Å². The molecule has 0 spiro atoms. The van der Waals surface area contributed by atoms with Gasteiger partial charge in [-0.3, -0.25) is 4.90 Å². The van der Waals surface area contributed by atoms with Crippen molar-refractivity contribution in [2.24, 2.45) is 17.6 Å². The minimum absolute atomic E-state index is 0.486. The summed E-state index contributed by atoms with van der Waals surface area (Å²) >= 11 is 3.49. The van der Waals surface area contributed by atoms with E-state index in [0.717, 1.165) is 23.5 Å². The predicted octanol–water partition coefficient (Wildman–Crippen LogP) is 3.43. The van der Waals surface area contributed by atoms with Gasteiger partial charge in [-0.2, -0.15) is 0 Å². The highest BCUT2D eigenvalue weighted by Crippen LogP contribution is 2.29. The fourth-order valence-corrected chi connectivity index (χ4v) is 3.05. The van der Waals surface area contributed by atoms with Crippen LogP contribution in [0.2, 0.25) is 0 Å². The summed E-state index contributed by atoms with van der Waals surface area (Å²) in [5.41, 5.74) is 7.27. The van der Waals surface area contributed by atoms with E-state index in [2.05, 4.69) is 58.9 Å². The molecule has 2 nitrogen and oxygen atoms in total. The van der Waals surface area contributed by atoms with Crippen LogP contribution in [0.1, 0.15) is 31.9 Å². The Kier molecular flexibility index (Phi) is 4.82. The van der Waals surface area contributed by atoms with Gasteiger partial charge in [0.25, 0.3) is 0 Å². The summed E-state index contributed by atoms with van der Waals surface area (Å²) in [4.78, 5) is 2.57. The van der Waals surface area contributed by atoms with Gasteiger partial charge in [-0.15, -0.1) is 0 Å². The molecule has 1 aromatic rings. The van der Waals surface area contributed by atoms with Crippen molar-refractivity contribution in [1.82, 2.24) is 4.90 Å². The molecule has 0 radical (unpaired) electrons. The molecule has 0 amide bonds. The van der Waals surface area contributed by atoms with Crippen LogP contribution in [0.4, 0.5) is 0 Å². The molecule has 1 aromatic carbocycles. The van der Waals surface area contributed by atoms with Crippen LogP contribution in [0.3, 0.4) is 0 Å². The van der Waals surface area contributed by atoms with Crippen molar-refractivity contribution in [3.8, 4) is 0 Å². The Balaban J connectivity index is 2.05. The van der Waals surface area contributed by atoms with Crippen LogP contribution in [-0.2, 0) is 0 Å². The van der Waals surface area contributed by atoms with Crippen LogP contribution in [-0.4, -0.2) is 24.5 Å². The number of hydrogen-bond donors (Lipinski definition) is 1. The summed E-state index contributed by atoms with van der Waals surface area (Å²) in [7, 11) is 0. The fourth-order valence-electron chi connectivity index (χ4n) is 2.79. The smallest absolute Gasteiger partial charge is 0.0320 e. The first-order chi connectivity index (χ1) is 8.61. The Morgan fingerprint density at radius 3 is 2.67 bits per heavy atom. The first-order valence-corrected chi connectivity index (χ1v) is 7.60. The van der Waals surface area contributed by atoms with Gasteiger partial charge < -0.3 is 5.73 Å². The first-order valence-electron chi connectivity index (χ1n) is 6.81. The molecular weight excluding hydrogens is 288 g/mol. The van der Waals surface area contributed by atoms with Gasteiger partial charge in [-0.25, -0.2) is 0 Å². The van der Waals surface area contributed by atoms with Gasteiger partial charge in [0.05, 0.1) is 0 Å². The summed E-state index contributed by atoms with van der Waals surface area (Å²) in [5.74, 6) is 1.42. The van der Waals surface area contributed by atoms with Crippen molar-refractivity contribution < 1.29 is 0 Å². The Morgan fingerprint density at radius 2 is 2.06 bits per heavy atom. The zero-order valence-electron chi connectivity index (χ0n) is 11.3. The largest absolute Gasteiger partial charge is 0.330 e. The SMILES string of the molecule is CC1CCN(C(C)c2ccc(Br)cc2)CC1CN. The van der Waals surface area contributed by atoms with Crippen molar-refractivity contribution in [3.63, 3.8) is 0 Å². The van der Waals surface area contributed by atoms with Crippen LogP contribution in [0.5, 0.6) is 0 Å². The van der Waals surface area contributed by atoms with E-state index in [1.54, 1.807) is 0 Å². The first kappa shape index (κ1) is 14.0. The molecule has 1 fully saturated rings. The van der Waals surface area contributed by atoms with Gasteiger partial charge in [0, 0.05) is 17.1 Å². The van der Waals surface area contributed by atoms with E-state index in [1.165, 1.54) is 18.5 Å². The standard InChI is InChI=1S/C15H23BrN2/c1-11-7-8-18(10-14(11)9-17)12(2)13-3-5-15(16)6-4-13/h3-6,11-12,14H,7-10,17H2,1-2H3. The molecule has 3 unspecified atom stereocenters. The molecule has 18 heavy (non-hydrogen) atoms. The zero-order chi connectivity index (χ0) is 13.1. The number of likely N-dealkylation sites (tertiary alicyclic amines) is 1. The van der Waals surface area contributed by atoms with Crippen LogP contribution in [0.15, 0.2) is 28.7 Å². The number of piperidine rings is 1. The lowest BCUT2D eigenvalue weighted by molar-refractivity contribution is 0.0978. The van der Waals surface area contributed by atoms with Crippen molar-refractivity contribution >= 4 is 15.9 Å². The Bertz CT molecular complexity index is 377. The molecule has 0 aliphatic carbocycles. The second-order valence-electron chi connectivity index (χ2n) is 5.48. The van der Waals surface area contributed by atoms with E-state index in [-0.39, 0.29) is 0 Å². The predicted molar refractivity (Wildman–Crippen MR) is 80.5 cm³/mol. The molecule has 1 saturated heterocycles. The number of hydrogen-bond acceptors (Lipinski definition) is 2. The molecule has 2 rings (SSSR count). The van der Waals surface area contributed by atoms with Crippen molar-refractivity contribution in [2.75, 3.05) is 19.6 Å². The van der Waals surface area contributed by atoms with E-state index in [1.807, 2.05) is 0 Å². The molecule has 1 aliphatic rings. The molecule has 0 aromatic heterocycles. The van der Waals surface area contributed by atoms with Gasteiger partial charge in [0.1, 0.15) is 0 Å². The molecular formula is C15H23BrN2. The van der Waals surface area contributed by atoms with Crippen molar-refractivity contribution in [3.05, 3.63) is 34.3 Å². The summed E-state index contributed by atoms with van der Waals surface area (Å²) in [5, 5.41) is 0. The average molecular weight is 311 g/mol. The van der Waals surface area contributed by atoms with E-state index in [9.17, 15) is 0 Å². The molecule has 3 heteroatoms. The molecule has 100 valence electrons. The summed E-state index contributed by atoms with van der Waals surface area (Å²) < 4.78 is 1.14. The highest BCUT2D eigenvalue weighted by Gasteiger charge is 2.28. The van der Waals surface area contributed by atoms with Crippen molar-refractivity contribution in [2.45, 2.75) is 26.3 Å². The van der Waals surface area contributed by atoms with Gasteiger partial charge in [0.15, 0.2) is 0 Å². The maximum Gasteiger partial charge on any atom is 0.0320 e.